The third-order valence-electron chi connectivity index (χ3n) is 2.29. The summed E-state index contributed by atoms with van der Waals surface area (Å²) in [4.78, 5) is 9.48. The Labute approximate surface area is 108 Å². The van der Waals surface area contributed by atoms with Gasteiger partial charge in [-0.3, -0.25) is 10.1 Å². The van der Waals surface area contributed by atoms with E-state index >= 15 is 0 Å². The molecule has 106 valence electrons. The number of halogens is 6. The molecule has 1 atom stereocenters. The van der Waals surface area contributed by atoms with E-state index in [0.29, 0.717) is 12.1 Å². The van der Waals surface area contributed by atoms with Crippen molar-refractivity contribution in [3.8, 4) is 0 Å². The summed E-state index contributed by atoms with van der Waals surface area (Å²) in [6, 6.07) is -0.609. The van der Waals surface area contributed by atoms with E-state index in [9.17, 15) is 32.1 Å². The molecule has 0 aliphatic carbocycles. The van der Waals surface area contributed by atoms with Crippen molar-refractivity contribution in [2.24, 2.45) is 5.73 Å². The monoisotopic (exact) mass is 304 g/mol. The molecule has 19 heavy (non-hydrogen) atoms. The number of nitrogens with zero attached hydrogens (tertiary/aromatic N) is 1. The van der Waals surface area contributed by atoms with E-state index in [4.69, 9.17) is 17.3 Å². The second-order valence-corrected chi connectivity index (χ2v) is 4.00. The summed E-state index contributed by atoms with van der Waals surface area (Å²) >= 11 is 5.43. The lowest BCUT2D eigenvalue weighted by Gasteiger charge is -2.25. The highest BCUT2D eigenvalue weighted by Crippen LogP contribution is 2.45. The fourth-order valence-corrected chi connectivity index (χ4v) is 1.49. The number of nitro benzene ring substituents is 1. The van der Waals surface area contributed by atoms with Gasteiger partial charge in [-0.05, 0) is 12.1 Å². The maximum Gasteiger partial charge on any atom is 0.455 e. The van der Waals surface area contributed by atoms with Crippen LogP contribution in [-0.4, -0.2) is 17.0 Å². The minimum Gasteiger partial charge on any atom is -0.318 e. The number of rotatable bonds is 3. The van der Waals surface area contributed by atoms with Gasteiger partial charge in [0, 0.05) is 11.1 Å². The highest BCUT2D eigenvalue weighted by atomic mass is 35.5. The quantitative estimate of drug-likeness (QED) is 0.528. The van der Waals surface area contributed by atoms with Crippen LogP contribution in [0.25, 0.3) is 0 Å². The molecule has 0 aromatic heterocycles. The van der Waals surface area contributed by atoms with Gasteiger partial charge in [0.2, 0.25) is 0 Å². The molecule has 0 unspecified atom stereocenters. The minimum absolute atomic E-state index is 0.242. The summed E-state index contributed by atoms with van der Waals surface area (Å²) in [6.45, 7) is 0. The second kappa shape index (κ2) is 4.89. The molecular weight excluding hydrogens is 299 g/mol. The summed E-state index contributed by atoms with van der Waals surface area (Å²) in [5.74, 6) is -5.32. The Morgan fingerprint density at radius 3 is 2.21 bits per heavy atom. The first-order valence-electron chi connectivity index (χ1n) is 4.62. The lowest BCUT2D eigenvalue weighted by Crippen LogP contribution is -2.46. The van der Waals surface area contributed by atoms with Crippen molar-refractivity contribution in [2.75, 3.05) is 0 Å². The molecule has 1 aromatic carbocycles. The standard InChI is InChI=1S/C9H6ClF5N2O2/c10-4-1-2-6(17(18)19)5(3-4)7(16)8(11,12)9(13,14)15/h1-3,7H,16H2/t7-/m0/s1. The van der Waals surface area contributed by atoms with E-state index in [1.807, 2.05) is 0 Å². The molecule has 0 aliphatic heterocycles. The van der Waals surface area contributed by atoms with Crippen LogP contribution in [0, 0.1) is 10.1 Å². The molecule has 0 fully saturated rings. The SMILES string of the molecule is N[C@@H](c1cc(Cl)ccc1[N+](=O)[O-])C(F)(F)C(F)(F)F. The summed E-state index contributed by atoms with van der Waals surface area (Å²) in [5.41, 5.74) is 2.89. The van der Waals surface area contributed by atoms with Gasteiger partial charge in [0.15, 0.2) is 0 Å². The van der Waals surface area contributed by atoms with Crippen LogP contribution in [-0.2, 0) is 0 Å². The van der Waals surface area contributed by atoms with E-state index in [2.05, 4.69) is 0 Å². The van der Waals surface area contributed by atoms with Crippen LogP contribution in [0.4, 0.5) is 27.6 Å². The van der Waals surface area contributed by atoms with Crippen molar-refractivity contribution in [3.63, 3.8) is 0 Å². The molecule has 0 saturated carbocycles. The summed E-state index contributed by atoms with van der Waals surface area (Å²) in [7, 11) is 0. The fourth-order valence-electron chi connectivity index (χ4n) is 1.31. The zero-order chi connectivity index (χ0) is 15.0. The third-order valence-corrected chi connectivity index (χ3v) is 2.52. The predicted molar refractivity (Wildman–Crippen MR) is 56.0 cm³/mol. The summed E-state index contributed by atoms with van der Waals surface area (Å²) in [6.07, 6.45) is -5.93. The van der Waals surface area contributed by atoms with Crippen molar-refractivity contribution in [1.29, 1.82) is 0 Å². The van der Waals surface area contributed by atoms with Gasteiger partial charge < -0.3 is 5.73 Å². The van der Waals surface area contributed by atoms with Crippen LogP contribution in [0.15, 0.2) is 18.2 Å². The molecule has 0 aliphatic rings. The number of hydrogen-bond donors (Lipinski definition) is 1. The fraction of sp³-hybridized carbons (Fsp3) is 0.333. The van der Waals surface area contributed by atoms with Crippen molar-refractivity contribution in [1.82, 2.24) is 0 Å². The maximum atomic E-state index is 13.1. The van der Waals surface area contributed by atoms with Gasteiger partial charge in [-0.2, -0.15) is 22.0 Å². The first kappa shape index (κ1) is 15.6. The summed E-state index contributed by atoms with van der Waals surface area (Å²) < 4.78 is 62.6. The molecule has 0 amide bonds. The van der Waals surface area contributed by atoms with Gasteiger partial charge in [-0.1, -0.05) is 11.6 Å². The predicted octanol–water partition coefficient (Wildman–Crippen LogP) is 3.45. The van der Waals surface area contributed by atoms with Crippen molar-refractivity contribution < 1.29 is 26.9 Å². The van der Waals surface area contributed by atoms with E-state index < -0.39 is 34.3 Å². The molecule has 0 heterocycles. The molecule has 0 bridgehead atoms. The summed E-state index contributed by atoms with van der Waals surface area (Å²) in [5, 5.41) is 10.4. The van der Waals surface area contributed by atoms with Crippen LogP contribution in [0.1, 0.15) is 11.6 Å². The number of hydrogen-bond acceptors (Lipinski definition) is 3. The van der Waals surface area contributed by atoms with Crippen LogP contribution in [0.5, 0.6) is 0 Å². The first-order chi connectivity index (χ1) is 8.48. The molecule has 2 N–H and O–H groups in total. The smallest absolute Gasteiger partial charge is 0.318 e. The molecule has 1 aromatic rings. The van der Waals surface area contributed by atoms with Gasteiger partial charge in [0.25, 0.3) is 5.69 Å². The lowest BCUT2D eigenvalue weighted by molar-refractivity contribution is -0.386. The molecule has 0 radical (unpaired) electrons. The van der Waals surface area contributed by atoms with E-state index in [1.54, 1.807) is 0 Å². The van der Waals surface area contributed by atoms with Gasteiger partial charge >= 0.3 is 12.1 Å². The highest BCUT2D eigenvalue weighted by Gasteiger charge is 2.62. The van der Waals surface area contributed by atoms with Gasteiger partial charge in [-0.25, -0.2) is 0 Å². The van der Waals surface area contributed by atoms with Gasteiger partial charge in [0.1, 0.15) is 6.04 Å². The molecule has 1 rings (SSSR count). The Kier molecular flexibility index (Phi) is 4.01. The lowest BCUT2D eigenvalue weighted by atomic mass is 9.99. The molecule has 0 spiro atoms. The topological polar surface area (TPSA) is 69.2 Å². The van der Waals surface area contributed by atoms with Crippen LogP contribution in [0.2, 0.25) is 5.02 Å². The minimum atomic E-state index is -5.93. The Balaban J connectivity index is 3.37. The molecule has 4 nitrogen and oxygen atoms in total. The van der Waals surface area contributed by atoms with Crippen molar-refractivity contribution >= 4 is 17.3 Å². The average molecular weight is 305 g/mol. The number of benzene rings is 1. The Hall–Kier alpha value is -1.48. The van der Waals surface area contributed by atoms with Crippen LogP contribution < -0.4 is 5.73 Å². The number of nitro groups is 1. The largest absolute Gasteiger partial charge is 0.455 e. The molecular formula is C9H6ClF5N2O2. The Morgan fingerprint density at radius 1 is 1.26 bits per heavy atom. The Bertz CT molecular complexity index is 506. The number of alkyl halides is 5. The average Bonchev–Trinajstić information content (AvgIpc) is 2.25. The van der Waals surface area contributed by atoms with Crippen LogP contribution in [0.3, 0.4) is 0 Å². The van der Waals surface area contributed by atoms with E-state index in [1.165, 1.54) is 0 Å². The first-order valence-corrected chi connectivity index (χ1v) is 5.00. The Morgan fingerprint density at radius 2 is 1.79 bits per heavy atom. The van der Waals surface area contributed by atoms with Crippen molar-refractivity contribution in [2.45, 2.75) is 18.1 Å². The molecule has 10 heteroatoms. The van der Waals surface area contributed by atoms with Gasteiger partial charge in [-0.15, -0.1) is 0 Å². The zero-order valence-corrected chi connectivity index (χ0v) is 9.67. The highest BCUT2D eigenvalue weighted by molar-refractivity contribution is 6.30. The third kappa shape index (κ3) is 2.92. The van der Waals surface area contributed by atoms with Crippen molar-refractivity contribution in [3.05, 3.63) is 38.9 Å². The normalized spacial score (nSPS) is 14.3. The van der Waals surface area contributed by atoms with Gasteiger partial charge in [0.05, 0.1) is 10.5 Å². The molecule has 0 saturated heterocycles. The van der Waals surface area contributed by atoms with E-state index in [0.717, 1.165) is 6.07 Å². The van der Waals surface area contributed by atoms with E-state index in [-0.39, 0.29) is 5.02 Å². The number of nitrogens with two attached hydrogens (primary N) is 1. The van der Waals surface area contributed by atoms with Crippen LogP contribution >= 0.6 is 11.6 Å². The second-order valence-electron chi connectivity index (χ2n) is 3.56. The zero-order valence-electron chi connectivity index (χ0n) is 8.92. The maximum absolute atomic E-state index is 13.1.